The Morgan fingerprint density at radius 3 is 2.72 bits per heavy atom. The minimum absolute atomic E-state index is 0.322. The van der Waals surface area contributed by atoms with Gasteiger partial charge in [0, 0.05) is 24.5 Å². The maximum absolute atomic E-state index is 9.41. The van der Waals surface area contributed by atoms with Crippen molar-refractivity contribution in [1.82, 2.24) is 0 Å². The molecule has 18 heavy (non-hydrogen) atoms. The van der Waals surface area contributed by atoms with Crippen LogP contribution < -0.4 is 11.1 Å². The molecule has 1 saturated carbocycles. The molecule has 2 atom stereocenters. The quantitative estimate of drug-likeness (QED) is 0.718. The molecule has 1 aromatic carbocycles. The molecule has 3 heteroatoms. The number of benzene rings is 1. The zero-order chi connectivity index (χ0) is 13.0. The molecule has 1 aromatic rings. The summed E-state index contributed by atoms with van der Waals surface area (Å²) in [6.45, 7) is 3.31. The van der Waals surface area contributed by atoms with E-state index in [0.29, 0.717) is 18.4 Å². The SMILES string of the molecule is Cc1c(N)cccc1NCC1CCCCC1CO. The normalized spacial score (nSPS) is 23.9. The van der Waals surface area contributed by atoms with Crippen LogP contribution in [0.4, 0.5) is 11.4 Å². The van der Waals surface area contributed by atoms with Gasteiger partial charge in [-0.3, -0.25) is 0 Å². The second-order valence-corrected chi connectivity index (χ2v) is 5.39. The standard InChI is InChI=1S/C15H24N2O/c1-11-14(16)7-4-8-15(11)17-9-12-5-2-3-6-13(12)10-18/h4,7-8,12-13,17-18H,2-3,5-6,9-10,16H2,1H3. The van der Waals surface area contributed by atoms with Crippen molar-refractivity contribution in [2.45, 2.75) is 32.6 Å². The van der Waals surface area contributed by atoms with Crippen molar-refractivity contribution in [2.24, 2.45) is 11.8 Å². The minimum atomic E-state index is 0.322. The van der Waals surface area contributed by atoms with Gasteiger partial charge in [0.2, 0.25) is 0 Å². The fourth-order valence-corrected chi connectivity index (χ4v) is 2.88. The average Bonchev–Trinajstić information content (AvgIpc) is 2.41. The molecule has 0 bridgehead atoms. The number of hydrogen-bond acceptors (Lipinski definition) is 3. The monoisotopic (exact) mass is 248 g/mol. The van der Waals surface area contributed by atoms with Crippen LogP contribution in [0.1, 0.15) is 31.2 Å². The zero-order valence-corrected chi connectivity index (χ0v) is 11.2. The Morgan fingerprint density at radius 2 is 2.00 bits per heavy atom. The van der Waals surface area contributed by atoms with Crippen molar-refractivity contribution in [1.29, 1.82) is 0 Å². The molecule has 1 fully saturated rings. The number of nitrogens with two attached hydrogens (primary N) is 1. The number of nitrogens with one attached hydrogen (secondary N) is 1. The summed E-state index contributed by atoms with van der Waals surface area (Å²) in [5, 5.41) is 12.9. The molecule has 1 aliphatic rings. The first-order chi connectivity index (χ1) is 8.72. The fourth-order valence-electron chi connectivity index (χ4n) is 2.88. The zero-order valence-electron chi connectivity index (χ0n) is 11.2. The fraction of sp³-hybridized carbons (Fsp3) is 0.600. The lowest BCUT2D eigenvalue weighted by molar-refractivity contribution is 0.141. The molecule has 0 spiro atoms. The molecular formula is C15H24N2O. The summed E-state index contributed by atoms with van der Waals surface area (Å²) in [4.78, 5) is 0. The smallest absolute Gasteiger partial charge is 0.0462 e. The van der Waals surface area contributed by atoms with E-state index in [-0.39, 0.29) is 0 Å². The lowest BCUT2D eigenvalue weighted by Crippen LogP contribution is -2.28. The van der Waals surface area contributed by atoms with Crippen LogP contribution in [0.25, 0.3) is 0 Å². The lowest BCUT2D eigenvalue weighted by atomic mass is 9.79. The molecule has 0 radical (unpaired) electrons. The summed E-state index contributed by atoms with van der Waals surface area (Å²) in [6.07, 6.45) is 4.94. The highest BCUT2D eigenvalue weighted by Gasteiger charge is 2.24. The van der Waals surface area contributed by atoms with E-state index in [2.05, 4.69) is 11.4 Å². The van der Waals surface area contributed by atoms with Gasteiger partial charge in [-0.1, -0.05) is 18.9 Å². The summed E-state index contributed by atoms with van der Waals surface area (Å²) >= 11 is 0. The van der Waals surface area contributed by atoms with E-state index in [9.17, 15) is 5.11 Å². The van der Waals surface area contributed by atoms with E-state index < -0.39 is 0 Å². The summed E-state index contributed by atoms with van der Waals surface area (Å²) in [5.74, 6) is 1.05. The second-order valence-electron chi connectivity index (χ2n) is 5.39. The van der Waals surface area contributed by atoms with Gasteiger partial charge in [-0.15, -0.1) is 0 Å². The second kappa shape index (κ2) is 6.10. The summed E-state index contributed by atoms with van der Waals surface area (Å²) < 4.78 is 0. The molecule has 0 saturated heterocycles. The Bertz CT molecular complexity index is 392. The van der Waals surface area contributed by atoms with E-state index in [4.69, 9.17) is 5.73 Å². The molecule has 2 unspecified atom stereocenters. The van der Waals surface area contributed by atoms with Crippen LogP contribution in [-0.2, 0) is 0 Å². The number of nitrogen functional groups attached to an aromatic ring is 1. The van der Waals surface area contributed by atoms with E-state index >= 15 is 0 Å². The number of aliphatic hydroxyl groups is 1. The van der Waals surface area contributed by atoms with Crippen LogP contribution >= 0.6 is 0 Å². The third-order valence-electron chi connectivity index (χ3n) is 4.23. The molecule has 3 nitrogen and oxygen atoms in total. The number of hydrogen-bond donors (Lipinski definition) is 3. The molecule has 0 aromatic heterocycles. The molecule has 4 N–H and O–H groups in total. The van der Waals surface area contributed by atoms with Crippen molar-refractivity contribution in [3.8, 4) is 0 Å². The molecule has 0 heterocycles. The lowest BCUT2D eigenvalue weighted by Gasteiger charge is -2.30. The molecule has 100 valence electrons. The number of aliphatic hydroxyl groups excluding tert-OH is 1. The van der Waals surface area contributed by atoms with Gasteiger partial charge in [0.25, 0.3) is 0 Å². The summed E-state index contributed by atoms with van der Waals surface area (Å²) in [5.41, 5.74) is 8.98. The maximum atomic E-state index is 9.41. The first kappa shape index (κ1) is 13.2. The predicted molar refractivity (Wildman–Crippen MR) is 76.6 cm³/mol. The van der Waals surface area contributed by atoms with Crippen molar-refractivity contribution in [3.05, 3.63) is 23.8 Å². The van der Waals surface area contributed by atoms with Crippen molar-refractivity contribution in [3.63, 3.8) is 0 Å². The van der Waals surface area contributed by atoms with Gasteiger partial charge in [0.1, 0.15) is 0 Å². The molecule has 1 aliphatic carbocycles. The average molecular weight is 248 g/mol. The Kier molecular flexibility index (Phi) is 4.48. The van der Waals surface area contributed by atoms with E-state index in [1.165, 1.54) is 25.7 Å². The molecule has 2 rings (SSSR count). The van der Waals surface area contributed by atoms with Gasteiger partial charge >= 0.3 is 0 Å². The van der Waals surface area contributed by atoms with Gasteiger partial charge in [-0.25, -0.2) is 0 Å². The molecule has 0 amide bonds. The van der Waals surface area contributed by atoms with Gasteiger partial charge in [0.05, 0.1) is 0 Å². The van der Waals surface area contributed by atoms with Gasteiger partial charge in [0.15, 0.2) is 0 Å². The highest BCUT2D eigenvalue weighted by Crippen LogP contribution is 2.30. The van der Waals surface area contributed by atoms with Gasteiger partial charge in [-0.2, -0.15) is 0 Å². The number of rotatable bonds is 4. The van der Waals surface area contributed by atoms with Crippen molar-refractivity contribution < 1.29 is 5.11 Å². The highest BCUT2D eigenvalue weighted by molar-refractivity contribution is 5.62. The minimum Gasteiger partial charge on any atom is -0.398 e. The summed E-state index contributed by atoms with van der Waals surface area (Å²) in [7, 11) is 0. The van der Waals surface area contributed by atoms with Crippen LogP contribution in [0.5, 0.6) is 0 Å². The van der Waals surface area contributed by atoms with Gasteiger partial charge in [-0.05, 0) is 49.3 Å². The van der Waals surface area contributed by atoms with E-state index in [0.717, 1.165) is 23.5 Å². The van der Waals surface area contributed by atoms with Crippen LogP contribution in [0.2, 0.25) is 0 Å². The Morgan fingerprint density at radius 1 is 1.28 bits per heavy atom. The van der Waals surface area contributed by atoms with Crippen LogP contribution in [0.3, 0.4) is 0 Å². The van der Waals surface area contributed by atoms with Crippen LogP contribution in [0.15, 0.2) is 18.2 Å². The molecular weight excluding hydrogens is 224 g/mol. The third kappa shape index (κ3) is 2.96. The Hall–Kier alpha value is -1.22. The maximum Gasteiger partial charge on any atom is 0.0462 e. The first-order valence-electron chi connectivity index (χ1n) is 6.92. The van der Waals surface area contributed by atoms with E-state index in [1.54, 1.807) is 0 Å². The highest BCUT2D eigenvalue weighted by atomic mass is 16.3. The Labute approximate surface area is 109 Å². The third-order valence-corrected chi connectivity index (χ3v) is 4.23. The Balaban J connectivity index is 1.96. The largest absolute Gasteiger partial charge is 0.398 e. The van der Waals surface area contributed by atoms with Crippen molar-refractivity contribution >= 4 is 11.4 Å². The first-order valence-corrected chi connectivity index (χ1v) is 6.92. The predicted octanol–water partition coefficient (Wildman–Crippen LogP) is 2.79. The topological polar surface area (TPSA) is 58.3 Å². The van der Waals surface area contributed by atoms with E-state index in [1.807, 2.05) is 19.1 Å². The van der Waals surface area contributed by atoms with Gasteiger partial charge < -0.3 is 16.2 Å². The number of anilines is 2. The van der Waals surface area contributed by atoms with Crippen LogP contribution in [-0.4, -0.2) is 18.3 Å². The van der Waals surface area contributed by atoms with Crippen molar-refractivity contribution in [2.75, 3.05) is 24.2 Å². The molecule has 0 aliphatic heterocycles. The van der Waals surface area contributed by atoms with Crippen LogP contribution in [0, 0.1) is 18.8 Å². The summed E-state index contributed by atoms with van der Waals surface area (Å²) in [6, 6.07) is 5.98.